The summed E-state index contributed by atoms with van der Waals surface area (Å²) in [4.78, 5) is 3.99. The Hall–Kier alpha value is -2.70. The van der Waals surface area contributed by atoms with Crippen LogP contribution in [0.4, 0.5) is 5.82 Å². The number of anilines is 1. The normalized spacial score (nSPS) is 10.7. The molecule has 0 aliphatic carbocycles. The molecule has 0 atom stereocenters. The van der Waals surface area contributed by atoms with E-state index < -0.39 is 0 Å². The minimum Gasteiger partial charge on any atom is -0.367 e. The van der Waals surface area contributed by atoms with Crippen molar-refractivity contribution in [2.24, 2.45) is 0 Å². The molecule has 0 aliphatic heterocycles. The maximum absolute atomic E-state index is 4.29. The van der Waals surface area contributed by atoms with Gasteiger partial charge in [-0.3, -0.25) is 0 Å². The van der Waals surface area contributed by atoms with E-state index in [-0.39, 0.29) is 0 Å². The molecule has 3 aromatic rings. The smallest absolute Gasteiger partial charge is 0.175 e. The predicted octanol–water partition coefficient (Wildman–Crippen LogP) is 1.28. The number of nitrogens with zero attached hydrogens (tertiary/aromatic N) is 6. The zero-order valence-corrected chi connectivity index (χ0v) is 11.1. The van der Waals surface area contributed by atoms with Gasteiger partial charge in [-0.1, -0.05) is 0 Å². The van der Waals surface area contributed by atoms with Gasteiger partial charge in [-0.15, -0.1) is 10.2 Å². The van der Waals surface area contributed by atoms with E-state index in [1.807, 2.05) is 42.1 Å². The highest BCUT2D eigenvalue weighted by atomic mass is 15.3. The standard InChI is InChI=1S/C13H15N7/c1-11-4-7-20(18-11)13-3-2-12(16-17-13)15-6-9-19-8-5-14-10-19/h2-5,7-8,10H,6,9H2,1H3,(H,15,16). The number of aryl methyl sites for hydroxylation is 1. The van der Waals surface area contributed by atoms with Gasteiger partial charge in [0.1, 0.15) is 5.82 Å². The van der Waals surface area contributed by atoms with E-state index in [1.54, 1.807) is 17.2 Å². The topological polar surface area (TPSA) is 73.5 Å². The summed E-state index contributed by atoms with van der Waals surface area (Å²) in [6.45, 7) is 3.54. The lowest BCUT2D eigenvalue weighted by Gasteiger charge is -2.06. The highest BCUT2D eigenvalue weighted by Crippen LogP contribution is 2.06. The number of hydrogen-bond acceptors (Lipinski definition) is 5. The molecule has 20 heavy (non-hydrogen) atoms. The van der Waals surface area contributed by atoms with Crippen molar-refractivity contribution in [1.29, 1.82) is 0 Å². The Bertz CT molecular complexity index is 654. The second kappa shape index (κ2) is 5.52. The van der Waals surface area contributed by atoms with E-state index >= 15 is 0 Å². The lowest BCUT2D eigenvalue weighted by Crippen LogP contribution is -2.11. The van der Waals surface area contributed by atoms with Crippen molar-refractivity contribution in [3.63, 3.8) is 0 Å². The maximum Gasteiger partial charge on any atom is 0.175 e. The van der Waals surface area contributed by atoms with Gasteiger partial charge in [-0.2, -0.15) is 5.10 Å². The van der Waals surface area contributed by atoms with E-state index in [2.05, 4.69) is 25.6 Å². The Morgan fingerprint density at radius 3 is 2.75 bits per heavy atom. The van der Waals surface area contributed by atoms with Crippen LogP contribution in [0.25, 0.3) is 5.82 Å². The first-order valence-corrected chi connectivity index (χ1v) is 6.37. The minimum absolute atomic E-state index is 0.707. The maximum atomic E-state index is 4.29. The van der Waals surface area contributed by atoms with Crippen LogP contribution in [-0.4, -0.2) is 36.1 Å². The molecule has 0 amide bonds. The molecular formula is C13H15N7. The summed E-state index contributed by atoms with van der Waals surface area (Å²) >= 11 is 0. The Labute approximate surface area is 116 Å². The van der Waals surface area contributed by atoms with Gasteiger partial charge in [-0.25, -0.2) is 9.67 Å². The molecule has 0 spiro atoms. The van der Waals surface area contributed by atoms with Crippen molar-refractivity contribution in [3.05, 3.63) is 48.8 Å². The Balaban J connectivity index is 1.58. The Morgan fingerprint density at radius 1 is 1.15 bits per heavy atom. The van der Waals surface area contributed by atoms with Crippen LogP contribution in [0.1, 0.15) is 5.69 Å². The third kappa shape index (κ3) is 2.82. The van der Waals surface area contributed by atoms with Crippen molar-refractivity contribution in [2.45, 2.75) is 13.5 Å². The van der Waals surface area contributed by atoms with Crippen molar-refractivity contribution >= 4 is 5.82 Å². The number of aromatic nitrogens is 6. The van der Waals surface area contributed by atoms with Gasteiger partial charge in [0.25, 0.3) is 0 Å². The highest BCUT2D eigenvalue weighted by molar-refractivity contribution is 5.36. The van der Waals surface area contributed by atoms with Crippen LogP contribution in [0.15, 0.2) is 43.1 Å². The average molecular weight is 269 g/mol. The second-order valence-electron chi connectivity index (χ2n) is 4.41. The molecule has 1 N–H and O–H groups in total. The van der Waals surface area contributed by atoms with Gasteiger partial charge >= 0.3 is 0 Å². The Morgan fingerprint density at radius 2 is 2.10 bits per heavy atom. The molecular weight excluding hydrogens is 254 g/mol. The zero-order chi connectivity index (χ0) is 13.8. The van der Waals surface area contributed by atoms with Crippen LogP contribution in [0.5, 0.6) is 0 Å². The van der Waals surface area contributed by atoms with Crippen molar-refractivity contribution < 1.29 is 0 Å². The van der Waals surface area contributed by atoms with Gasteiger partial charge in [0.05, 0.1) is 12.0 Å². The molecule has 0 aliphatic rings. The van der Waals surface area contributed by atoms with Gasteiger partial charge in [0, 0.05) is 31.7 Å². The highest BCUT2D eigenvalue weighted by Gasteiger charge is 2.01. The van der Waals surface area contributed by atoms with E-state index in [1.165, 1.54) is 0 Å². The Kier molecular flexibility index (Phi) is 3.40. The van der Waals surface area contributed by atoms with Gasteiger partial charge in [-0.05, 0) is 25.1 Å². The van der Waals surface area contributed by atoms with E-state index in [9.17, 15) is 0 Å². The molecule has 0 fully saturated rings. The fourth-order valence-electron chi connectivity index (χ4n) is 1.82. The van der Waals surface area contributed by atoms with Gasteiger partial charge in [0.2, 0.25) is 0 Å². The monoisotopic (exact) mass is 269 g/mol. The minimum atomic E-state index is 0.707. The first-order chi connectivity index (χ1) is 9.81. The summed E-state index contributed by atoms with van der Waals surface area (Å²) in [5, 5.41) is 15.8. The molecule has 3 heterocycles. The summed E-state index contributed by atoms with van der Waals surface area (Å²) in [7, 11) is 0. The first-order valence-electron chi connectivity index (χ1n) is 6.37. The molecule has 0 radical (unpaired) electrons. The van der Waals surface area contributed by atoms with Crippen molar-refractivity contribution in [1.82, 2.24) is 29.5 Å². The lowest BCUT2D eigenvalue weighted by molar-refractivity contribution is 0.722. The van der Waals surface area contributed by atoms with Crippen molar-refractivity contribution in [2.75, 3.05) is 11.9 Å². The SMILES string of the molecule is Cc1ccn(-c2ccc(NCCn3ccnc3)nn2)n1. The molecule has 7 nitrogen and oxygen atoms in total. The summed E-state index contributed by atoms with van der Waals surface area (Å²) in [6, 6.07) is 5.71. The van der Waals surface area contributed by atoms with Crippen LogP contribution in [-0.2, 0) is 6.54 Å². The largest absolute Gasteiger partial charge is 0.367 e. The third-order valence-corrected chi connectivity index (χ3v) is 2.84. The van der Waals surface area contributed by atoms with Crippen LogP contribution in [0.2, 0.25) is 0 Å². The zero-order valence-electron chi connectivity index (χ0n) is 11.1. The van der Waals surface area contributed by atoms with Crippen LogP contribution in [0.3, 0.4) is 0 Å². The van der Waals surface area contributed by atoms with E-state index in [4.69, 9.17) is 0 Å². The molecule has 102 valence electrons. The molecule has 0 bridgehead atoms. The molecule has 0 saturated carbocycles. The van der Waals surface area contributed by atoms with Crippen LogP contribution < -0.4 is 5.32 Å². The van der Waals surface area contributed by atoms with Gasteiger partial charge < -0.3 is 9.88 Å². The van der Waals surface area contributed by atoms with Crippen molar-refractivity contribution in [3.8, 4) is 5.82 Å². The number of hydrogen-bond donors (Lipinski definition) is 1. The average Bonchev–Trinajstić information content (AvgIpc) is 3.11. The molecule has 3 aromatic heterocycles. The summed E-state index contributed by atoms with van der Waals surface area (Å²) in [5.74, 6) is 1.45. The summed E-state index contributed by atoms with van der Waals surface area (Å²) in [6.07, 6.45) is 7.35. The molecule has 7 heteroatoms. The molecule has 3 rings (SSSR count). The molecule has 0 saturated heterocycles. The first kappa shape index (κ1) is 12.3. The van der Waals surface area contributed by atoms with Crippen LogP contribution >= 0.6 is 0 Å². The lowest BCUT2D eigenvalue weighted by atomic mass is 10.5. The number of nitrogens with one attached hydrogen (secondary N) is 1. The number of rotatable bonds is 5. The fraction of sp³-hybridized carbons (Fsp3) is 0.231. The second-order valence-corrected chi connectivity index (χ2v) is 4.41. The van der Waals surface area contributed by atoms with E-state index in [0.717, 1.165) is 24.6 Å². The molecule has 0 aromatic carbocycles. The summed E-state index contributed by atoms with van der Waals surface area (Å²) < 4.78 is 3.71. The van der Waals surface area contributed by atoms with Gasteiger partial charge in [0.15, 0.2) is 5.82 Å². The quantitative estimate of drug-likeness (QED) is 0.755. The summed E-state index contributed by atoms with van der Waals surface area (Å²) in [5.41, 5.74) is 0.953. The number of imidazole rings is 1. The van der Waals surface area contributed by atoms with E-state index in [0.29, 0.717) is 5.82 Å². The molecule has 0 unspecified atom stereocenters. The fourth-order valence-corrected chi connectivity index (χ4v) is 1.82. The predicted molar refractivity (Wildman–Crippen MR) is 74.6 cm³/mol. The third-order valence-electron chi connectivity index (χ3n) is 2.84. The van der Waals surface area contributed by atoms with Crippen LogP contribution in [0, 0.1) is 6.92 Å².